The number of hydrogen-bond acceptors (Lipinski definition) is 4. The van der Waals surface area contributed by atoms with Gasteiger partial charge >= 0.3 is 0 Å². The fraction of sp³-hybridized carbons (Fsp3) is 0.562. The molecule has 1 unspecified atom stereocenters. The summed E-state index contributed by atoms with van der Waals surface area (Å²) in [4.78, 5) is 14.2. The maximum Gasteiger partial charge on any atom is 0.227 e. The first-order valence-electron chi connectivity index (χ1n) is 7.44. The van der Waals surface area contributed by atoms with Gasteiger partial charge in [-0.25, -0.2) is 0 Å². The number of amides is 1. The van der Waals surface area contributed by atoms with Crippen molar-refractivity contribution in [3.8, 4) is 5.75 Å². The zero-order valence-corrected chi connectivity index (χ0v) is 12.9. The Morgan fingerprint density at radius 1 is 1.48 bits per heavy atom. The summed E-state index contributed by atoms with van der Waals surface area (Å²) in [5, 5.41) is 2.75. The van der Waals surface area contributed by atoms with E-state index in [0.717, 1.165) is 37.4 Å². The molecule has 1 heterocycles. The number of nitrogens with zero attached hydrogens (tertiary/aromatic N) is 1. The van der Waals surface area contributed by atoms with Gasteiger partial charge in [-0.1, -0.05) is 18.2 Å². The number of carbonyl (C=O) groups is 1. The molecule has 0 spiro atoms. The van der Waals surface area contributed by atoms with Gasteiger partial charge in [0.15, 0.2) is 0 Å². The summed E-state index contributed by atoms with van der Waals surface area (Å²) in [6.45, 7) is 5.66. The summed E-state index contributed by atoms with van der Waals surface area (Å²) in [7, 11) is 1.70. The highest BCUT2D eigenvalue weighted by Gasteiger charge is 2.39. The van der Waals surface area contributed by atoms with Crippen molar-refractivity contribution in [1.29, 1.82) is 0 Å². The first kappa shape index (κ1) is 15.8. The minimum Gasteiger partial charge on any atom is -0.492 e. The Hall–Kier alpha value is -1.59. The van der Waals surface area contributed by atoms with E-state index in [1.165, 1.54) is 0 Å². The molecule has 0 aromatic heterocycles. The van der Waals surface area contributed by atoms with E-state index in [1.807, 2.05) is 31.2 Å². The molecule has 2 rings (SSSR count). The first-order valence-corrected chi connectivity index (χ1v) is 7.44. The molecule has 0 saturated carbocycles. The molecule has 1 aliphatic rings. The highest BCUT2D eigenvalue weighted by molar-refractivity contribution is 5.82. The Balaban J connectivity index is 1.81. The van der Waals surface area contributed by atoms with E-state index in [2.05, 4.69) is 10.2 Å². The maximum absolute atomic E-state index is 11.9. The minimum atomic E-state index is -0.274. The number of ether oxygens (including phenoxy) is 1. The van der Waals surface area contributed by atoms with Crippen molar-refractivity contribution in [2.24, 2.45) is 11.1 Å². The molecule has 5 nitrogen and oxygen atoms in total. The number of likely N-dealkylation sites (tertiary alicyclic amines) is 1. The first-order chi connectivity index (χ1) is 10.1. The molecule has 1 amide bonds. The average molecular weight is 291 g/mol. The van der Waals surface area contributed by atoms with Crippen LogP contribution in [0, 0.1) is 5.41 Å². The number of nitrogens with two attached hydrogens (primary N) is 1. The minimum absolute atomic E-state index is 0.124. The van der Waals surface area contributed by atoms with Gasteiger partial charge in [-0.2, -0.15) is 0 Å². The monoisotopic (exact) mass is 291 g/mol. The van der Waals surface area contributed by atoms with Crippen LogP contribution in [0.2, 0.25) is 0 Å². The third-order valence-electron chi connectivity index (χ3n) is 4.19. The highest BCUT2D eigenvalue weighted by atomic mass is 16.5. The fourth-order valence-electron chi connectivity index (χ4n) is 2.83. The van der Waals surface area contributed by atoms with E-state index in [1.54, 1.807) is 7.05 Å². The lowest BCUT2D eigenvalue weighted by Crippen LogP contribution is -2.39. The predicted molar refractivity (Wildman–Crippen MR) is 83.1 cm³/mol. The highest BCUT2D eigenvalue weighted by Crippen LogP contribution is 2.29. The molecule has 21 heavy (non-hydrogen) atoms. The standard InChI is InChI=1S/C16H25N3O2/c1-16(15(20)18-2)7-8-19(12-16)9-10-21-14-6-4-3-5-13(14)11-17/h3-6H,7-12,17H2,1-2H3,(H,18,20). The van der Waals surface area contributed by atoms with Gasteiger partial charge < -0.3 is 15.8 Å². The van der Waals surface area contributed by atoms with Crippen LogP contribution in [-0.2, 0) is 11.3 Å². The van der Waals surface area contributed by atoms with Crippen LogP contribution in [0.15, 0.2) is 24.3 Å². The van der Waals surface area contributed by atoms with Crippen molar-refractivity contribution < 1.29 is 9.53 Å². The smallest absolute Gasteiger partial charge is 0.227 e. The van der Waals surface area contributed by atoms with Gasteiger partial charge in [0.05, 0.1) is 5.41 Å². The number of para-hydroxylation sites is 1. The molecular formula is C16H25N3O2. The molecule has 1 aromatic rings. The fourth-order valence-corrected chi connectivity index (χ4v) is 2.83. The Bertz CT molecular complexity index is 492. The van der Waals surface area contributed by atoms with Crippen molar-refractivity contribution in [2.45, 2.75) is 19.9 Å². The summed E-state index contributed by atoms with van der Waals surface area (Å²) < 4.78 is 5.82. The lowest BCUT2D eigenvalue weighted by atomic mass is 9.89. The van der Waals surface area contributed by atoms with Gasteiger partial charge in [0.1, 0.15) is 12.4 Å². The molecule has 1 saturated heterocycles. The SMILES string of the molecule is CNC(=O)C1(C)CCN(CCOc2ccccc2CN)C1. The van der Waals surface area contributed by atoms with Crippen molar-refractivity contribution in [3.63, 3.8) is 0 Å². The van der Waals surface area contributed by atoms with Crippen LogP contribution in [0.5, 0.6) is 5.75 Å². The third-order valence-corrected chi connectivity index (χ3v) is 4.19. The molecule has 1 aliphatic heterocycles. The number of hydrogen-bond donors (Lipinski definition) is 2. The number of rotatable bonds is 6. The topological polar surface area (TPSA) is 67.6 Å². The molecule has 0 radical (unpaired) electrons. The van der Waals surface area contributed by atoms with E-state index >= 15 is 0 Å². The second-order valence-corrected chi connectivity index (χ2v) is 5.83. The molecule has 1 atom stereocenters. The van der Waals surface area contributed by atoms with Crippen LogP contribution in [0.25, 0.3) is 0 Å². The van der Waals surface area contributed by atoms with E-state index in [4.69, 9.17) is 10.5 Å². The molecule has 5 heteroatoms. The number of nitrogens with one attached hydrogen (secondary N) is 1. The lowest BCUT2D eigenvalue weighted by molar-refractivity contribution is -0.129. The van der Waals surface area contributed by atoms with Crippen LogP contribution < -0.4 is 15.8 Å². The van der Waals surface area contributed by atoms with Gasteiger partial charge in [0.25, 0.3) is 0 Å². The van der Waals surface area contributed by atoms with Crippen molar-refractivity contribution in [1.82, 2.24) is 10.2 Å². The van der Waals surface area contributed by atoms with Crippen LogP contribution in [0.4, 0.5) is 0 Å². The second-order valence-electron chi connectivity index (χ2n) is 5.83. The van der Waals surface area contributed by atoms with Gasteiger partial charge in [-0.3, -0.25) is 9.69 Å². The average Bonchev–Trinajstić information content (AvgIpc) is 2.89. The normalized spacial score (nSPS) is 22.2. The van der Waals surface area contributed by atoms with Crippen LogP contribution in [0.1, 0.15) is 18.9 Å². The molecule has 0 aliphatic carbocycles. The van der Waals surface area contributed by atoms with E-state index in [9.17, 15) is 4.79 Å². The Labute approximate surface area is 126 Å². The van der Waals surface area contributed by atoms with Gasteiger partial charge in [-0.15, -0.1) is 0 Å². The van der Waals surface area contributed by atoms with E-state index in [0.29, 0.717) is 13.2 Å². The quantitative estimate of drug-likeness (QED) is 0.820. The van der Waals surface area contributed by atoms with Gasteiger partial charge in [0, 0.05) is 32.2 Å². The second kappa shape index (κ2) is 6.91. The van der Waals surface area contributed by atoms with Crippen LogP contribution in [0.3, 0.4) is 0 Å². The van der Waals surface area contributed by atoms with Crippen LogP contribution in [-0.4, -0.2) is 44.1 Å². The summed E-state index contributed by atoms with van der Waals surface area (Å²) in [5.74, 6) is 0.979. The Kier molecular flexibility index (Phi) is 5.20. The van der Waals surface area contributed by atoms with Gasteiger partial charge in [-0.05, 0) is 26.0 Å². The zero-order chi connectivity index (χ0) is 15.3. The molecule has 116 valence electrons. The van der Waals surface area contributed by atoms with Gasteiger partial charge in [0.2, 0.25) is 5.91 Å². The molecule has 1 aromatic carbocycles. The summed E-state index contributed by atoms with van der Waals surface area (Å²) in [6, 6.07) is 7.84. The van der Waals surface area contributed by atoms with Crippen molar-refractivity contribution in [3.05, 3.63) is 29.8 Å². The lowest BCUT2D eigenvalue weighted by Gasteiger charge is -2.22. The predicted octanol–water partition coefficient (Wildman–Crippen LogP) is 0.982. The zero-order valence-electron chi connectivity index (χ0n) is 12.9. The van der Waals surface area contributed by atoms with E-state index < -0.39 is 0 Å². The Morgan fingerprint density at radius 3 is 2.95 bits per heavy atom. The largest absolute Gasteiger partial charge is 0.492 e. The van der Waals surface area contributed by atoms with E-state index in [-0.39, 0.29) is 11.3 Å². The summed E-state index contributed by atoms with van der Waals surface area (Å²) in [5.41, 5.74) is 6.44. The summed E-state index contributed by atoms with van der Waals surface area (Å²) >= 11 is 0. The summed E-state index contributed by atoms with van der Waals surface area (Å²) in [6.07, 6.45) is 0.895. The van der Waals surface area contributed by atoms with Crippen molar-refractivity contribution >= 4 is 5.91 Å². The third kappa shape index (κ3) is 3.74. The maximum atomic E-state index is 11.9. The molecule has 3 N–H and O–H groups in total. The Morgan fingerprint density at radius 2 is 2.24 bits per heavy atom. The van der Waals surface area contributed by atoms with Crippen molar-refractivity contribution in [2.75, 3.05) is 33.3 Å². The van der Waals surface area contributed by atoms with Crippen LogP contribution >= 0.6 is 0 Å². The number of benzene rings is 1. The molecule has 1 fully saturated rings. The molecular weight excluding hydrogens is 266 g/mol. The molecule has 0 bridgehead atoms. The number of carbonyl (C=O) groups excluding carboxylic acids is 1.